The van der Waals surface area contributed by atoms with Gasteiger partial charge in [-0.2, -0.15) is 0 Å². The number of aryl methyl sites for hydroxylation is 1. The van der Waals surface area contributed by atoms with Gasteiger partial charge in [-0.05, 0) is 36.8 Å². The number of carbonyl (C=O) groups is 1. The summed E-state index contributed by atoms with van der Waals surface area (Å²) in [6.45, 7) is 2.00. The first kappa shape index (κ1) is 17.4. The quantitative estimate of drug-likeness (QED) is 0.423. The minimum absolute atomic E-state index is 0.124. The van der Waals surface area contributed by atoms with Gasteiger partial charge in [-0.15, -0.1) is 0 Å². The lowest BCUT2D eigenvalue weighted by Crippen LogP contribution is -2.12. The summed E-state index contributed by atoms with van der Waals surface area (Å²) in [6.07, 6.45) is 3.87. The fourth-order valence-electron chi connectivity index (χ4n) is 3.01. The molecule has 4 aromatic rings. The lowest BCUT2D eigenvalue weighted by molar-refractivity contribution is -0.384. The molecule has 1 amide bonds. The van der Waals surface area contributed by atoms with Crippen molar-refractivity contribution in [3.8, 4) is 11.3 Å². The summed E-state index contributed by atoms with van der Waals surface area (Å²) in [5, 5.41) is 13.7. The number of nitro groups is 1. The van der Waals surface area contributed by atoms with E-state index in [1.54, 1.807) is 6.07 Å². The van der Waals surface area contributed by atoms with Crippen LogP contribution in [0.5, 0.6) is 0 Å². The molecule has 138 valence electrons. The van der Waals surface area contributed by atoms with Crippen LogP contribution >= 0.6 is 0 Å². The molecular weight excluding hydrogens is 356 g/mol. The van der Waals surface area contributed by atoms with Crippen molar-refractivity contribution >= 4 is 22.9 Å². The molecule has 2 heterocycles. The third kappa shape index (κ3) is 3.33. The van der Waals surface area contributed by atoms with E-state index in [1.165, 1.54) is 24.3 Å². The fraction of sp³-hybridized carbons (Fsp3) is 0.0476. The predicted octanol–water partition coefficient (Wildman–Crippen LogP) is 4.47. The van der Waals surface area contributed by atoms with Crippen molar-refractivity contribution in [3.05, 3.63) is 94.3 Å². The van der Waals surface area contributed by atoms with Gasteiger partial charge < -0.3 is 9.72 Å². The van der Waals surface area contributed by atoms with Gasteiger partial charge in [-0.1, -0.05) is 24.3 Å². The second-order valence-corrected chi connectivity index (χ2v) is 6.39. The van der Waals surface area contributed by atoms with Crippen LogP contribution in [0.2, 0.25) is 0 Å². The van der Waals surface area contributed by atoms with Gasteiger partial charge in [0.2, 0.25) is 0 Å². The third-order valence-electron chi connectivity index (χ3n) is 4.41. The zero-order valence-electron chi connectivity index (χ0n) is 15.0. The maximum absolute atomic E-state index is 12.5. The van der Waals surface area contributed by atoms with Crippen LogP contribution in [0.25, 0.3) is 16.9 Å². The molecule has 28 heavy (non-hydrogen) atoms. The average Bonchev–Trinajstić information content (AvgIpc) is 3.14. The SMILES string of the molecule is Cc1cccn2cc(-c3cccc(NC(=O)c4cccc([N+](=O)[O-])c4)c3)nc12. The van der Waals surface area contributed by atoms with Crippen LogP contribution < -0.4 is 5.32 Å². The lowest BCUT2D eigenvalue weighted by atomic mass is 10.1. The van der Waals surface area contributed by atoms with Crippen molar-refractivity contribution < 1.29 is 9.72 Å². The highest BCUT2D eigenvalue weighted by Gasteiger charge is 2.12. The number of nitrogens with one attached hydrogen (secondary N) is 1. The van der Waals surface area contributed by atoms with Gasteiger partial charge >= 0.3 is 0 Å². The normalized spacial score (nSPS) is 10.8. The number of hydrogen-bond donors (Lipinski definition) is 1. The minimum Gasteiger partial charge on any atom is -0.322 e. The van der Waals surface area contributed by atoms with E-state index < -0.39 is 10.8 Å². The number of fused-ring (bicyclic) bond motifs is 1. The summed E-state index contributed by atoms with van der Waals surface area (Å²) in [7, 11) is 0. The number of nitrogens with zero attached hydrogens (tertiary/aromatic N) is 3. The molecule has 0 atom stereocenters. The monoisotopic (exact) mass is 372 g/mol. The molecule has 0 unspecified atom stereocenters. The van der Waals surface area contributed by atoms with Crippen LogP contribution in [-0.4, -0.2) is 20.2 Å². The van der Waals surface area contributed by atoms with Crippen LogP contribution in [0, 0.1) is 17.0 Å². The maximum atomic E-state index is 12.5. The number of amides is 1. The van der Waals surface area contributed by atoms with E-state index in [0.717, 1.165) is 22.5 Å². The van der Waals surface area contributed by atoms with Gasteiger partial charge in [-0.3, -0.25) is 14.9 Å². The van der Waals surface area contributed by atoms with E-state index in [9.17, 15) is 14.9 Å². The van der Waals surface area contributed by atoms with Crippen LogP contribution in [0.15, 0.2) is 73.1 Å². The summed E-state index contributed by atoms with van der Waals surface area (Å²) in [5.74, 6) is -0.410. The number of carbonyl (C=O) groups excluding carboxylic acids is 1. The Morgan fingerprint density at radius 3 is 2.71 bits per heavy atom. The molecule has 0 saturated heterocycles. The molecule has 0 aliphatic rings. The molecule has 0 fully saturated rings. The fourth-order valence-corrected chi connectivity index (χ4v) is 3.01. The zero-order valence-corrected chi connectivity index (χ0v) is 15.0. The topological polar surface area (TPSA) is 89.5 Å². The van der Waals surface area contributed by atoms with Crippen molar-refractivity contribution in [2.45, 2.75) is 6.92 Å². The molecule has 2 aromatic carbocycles. The molecular formula is C21H16N4O3. The van der Waals surface area contributed by atoms with Gasteiger partial charge in [0, 0.05) is 41.3 Å². The molecule has 0 bridgehead atoms. The lowest BCUT2D eigenvalue weighted by Gasteiger charge is -2.06. The molecule has 4 rings (SSSR count). The Morgan fingerprint density at radius 1 is 1.11 bits per heavy atom. The number of benzene rings is 2. The summed E-state index contributed by atoms with van der Waals surface area (Å²) in [6, 6.07) is 16.9. The molecule has 7 nitrogen and oxygen atoms in total. The Bertz CT molecular complexity index is 1210. The number of imidazole rings is 1. The van der Waals surface area contributed by atoms with E-state index in [0.29, 0.717) is 5.69 Å². The Hall–Kier alpha value is -4.00. The Balaban J connectivity index is 1.61. The zero-order chi connectivity index (χ0) is 19.7. The third-order valence-corrected chi connectivity index (χ3v) is 4.41. The first-order valence-electron chi connectivity index (χ1n) is 8.62. The molecule has 7 heteroatoms. The first-order valence-corrected chi connectivity index (χ1v) is 8.62. The van der Waals surface area contributed by atoms with E-state index in [2.05, 4.69) is 10.3 Å². The van der Waals surface area contributed by atoms with Gasteiger partial charge in [-0.25, -0.2) is 4.98 Å². The Kier molecular flexibility index (Phi) is 4.33. The molecule has 0 saturated carbocycles. The average molecular weight is 372 g/mol. The molecule has 2 aromatic heterocycles. The van der Waals surface area contributed by atoms with E-state index in [4.69, 9.17) is 0 Å². The van der Waals surface area contributed by atoms with Gasteiger partial charge in [0.05, 0.1) is 10.6 Å². The maximum Gasteiger partial charge on any atom is 0.270 e. The molecule has 0 aliphatic heterocycles. The highest BCUT2D eigenvalue weighted by molar-refractivity contribution is 6.04. The number of rotatable bonds is 4. The first-order chi connectivity index (χ1) is 13.5. The van der Waals surface area contributed by atoms with Gasteiger partial charge in [0.25, 0.3) is 11.6 Å². The van der Waals surface area contributed by atoms with Crippen molar-refractivity contribution in [1.82, 2.24) is 9.38 Å². The van der Waals surface area contributed by atoms with Crippen molar-refractivity contribution in [2.75, 3.05) is 5.32 Å². The summed E-state index contributed by atoms with van der Waals surface area (Å²) in [5.41, 5.74) is 4.29. The number of hydrogen-bond acceptors (Lipinski definition) is 4. The smallest absolute Gasteiger partial charge is 0.270 e. The molecule has 0 radical (unpaired) electrons. The second kappa shape index (κ2) is 6.96. The molecule has 0 spiro atoms. The number of pyridine rings is 1. The summed E-state index contributed by atoms with van der Waals surface area (Å²) < 4.78 is 1.96. The van der Waals surface area contributed by atoms with Crippen molar-refractivity contribution in [2.24, 2.45) is 0 Å². The molecule has 1 N–H and O–H groups in total. The summed E-state index contributed by atoms with van der Waals surface area (Å²) in [4.78, 5) is 27.5. The highest BCUT2D eigenvalue weighted by atomic mass is 16.6. The standard InChI is InChI=1S/C21H16N4O3/c1-14-5-4-10-24-13-19(23-20(14)24)15-6-2-8-17(11-15)22-21(26)16-7-3-9-18(12-16)25(27)28/h2-13H,1H3,(H,22,26). The van der Waals surface area contributed by atoms with Crippen LogP contribution in [-0.2, 0) is 0 Å². The van der Waals surface area contributed by atoms with Crippen LogP contribution in [0.1, 0.15) is 15.9 Å². The van der Waals surface area contributed by atoms with E-state index in [1.807, 2.05) is 54.0 Å². The van der Waals surface area contributed by atoms with Gasteiger partial charge in [0.15, 0.2) is 0 Å². The minimum atomic E-state index is -0.525. The largest absolute Gasteiger partial charge is 0.322 e. The number of non-ortho nitro benzene ring substituents is 1. The van der Waals surface area contributed by atoms with E-state index in [-0.39, 0.29) is 11.3 Å². The number of nitro benzene ring substituents is 1. The number of aromatic nitrogens is 2. The number of anilines is 1. The van der Waals surface area contributed by atoms with E-state index >= 15 is 0 Å². The van der Waals surface area contributed by atoms with Crippen LogP contribution in [0.3, 0.4) is 0 Å². The van der Waals surface area contributed by atoms with Crippen LogP contribution in [0.4, 0.5) is 11.4 Å². The highest BCUT2D eigenvalue weighted by Crippen LogP contribution is 2.24. The van der Waals surface area contributed by atoms with Crippen molar-refractivity contribution in [1.29, 1.82) is 0 Å². The van der Waals surface area contributed by atoms with Crippen molar-refractivity contribution in [3.63, 3.8) is 0 Å². The molecule has 0 aliphatic carbocycles. The second-order valence-electron chi connectivity index (χ2n) is 6.39. The van der Waals surface area contributed by atoms with Gasteiger partial charge in [0.1, 0.15) is 5.65 Å². The Labute approximate surface area is 160 Å². The predicted molar refractivity (Wildman–Crippen MR) is 106 cm³/mol. The summed E-state index contributed by atoms with van der Waals surface area (Å²) >= 11 is 0. The Morgan fingerprint density at radius 2 is 1.93 bits per heavy atom.